The number of anilines is 3. The number of carbonyl (C=O) groups excluding carboxylic acids is 2. The maximum Gasteiger partial charge on any atom is 0.261 e. The van der Waals surface area contributed by atoms with Crippen molar-refractivity contribution >= 4 is 38.9 Å². The van der Waals surface area contributed by atoms with Gasteiger partial charge in [0.2, 0.25) is 11.8 Å². The zero-order chi connectivity index (χ0) is 18.6. The number of amides is 2. The molecule has 0 bridgehead atoms. The molecule has 0 unspecified atom stereocenters. The fourth-order valence-corrected chi connectivity index (χ4v) is 3.35. The number of hydrogen-bond donors (Lipinski definition) is 3. The summed E-state index contributed by atoms with van der Waals surface area (Å²) in [5.41, 5.74) is 2.00. The van der Waals surface area contributed by atoms with E-state index in [9.17, 15) is 18.0 Å². The van der Waals surface area contributed by atoms with Crippen LogP contribution in [-0.4, -0.2) is 20.2 Å². The summed E-state index contributed by atoms with van der Waals surface area (Å²) in [6.45, 7) is 4.46. The summed E-state index contributed by atoms with van der Waals surface area (Å²) in [7, 11) is -3.80. The molecule has 0 aliphatic carbocycles. The molecule has 0 radical (unpaired) electrons. The Morgan fingerprint density at radius 1 is 0.880 bits per heavy atom. The smallest absolute Gasteiger partial charge is 0.261 e. The van der Waals surface area contributed by atoms with E-state index in [2.05, 4.69) is 15.4 Å². The van der Waals surface area contributed by atoms with Crippen molar-refractivity contribution in [1.29, 1.82) is 0 Å². The van der Waals surface area contributed by atoms with Crippen LogP contribution < -0.4 is 15.4 Å². The third kappa shape index (κ3) is 5.05. The third-order valence-corrected chi connectivity index (χ3v) is 4.63. The van der Waals surface area contributed by atoms with Gasteiger partial charge in [0.25, 0.3) is 10.0 Å². The molecule has 2 rings (SSSR count). The Morgan fingerprint density at radius 2 is 1.52 bits per heavy atom. The van der Waals surface area contributed by atoms with E-state index in [0.29, 0.717) is 22.6 Å². The quantitative estimate of drug-likeness (QED) is 0.761. The molecule has 3 N–H and O–H groups in total. The molecule has 0 fully saturated rings. The van der Waals surface area contributed by atoms with E-state index in [1.807, 2.05) is 0 Å². The molecule has 0 aliphatic rings. The standard InChI is InChI=1S/C17H19N3O4S/c1-11-9-16(7-8-17(11)19-13(3)22)25(23,24)20-15-6-4-5-14(10-15)18-12(2)21/h4-10,20H,1-3H3,(H,18,21)(H,19,22). The lowest BCUT2D eigenvalue weighted by Gasteiger charge is -2.12. The van der Waals surface area contributed by atoms with Gasteiger partial charge in [0, 0.05) is 25.2 Å². The number of aryl methyl sites for hydroxylation is 1. The number of nitrogens with one attached hydrogen (secondary N) is 3. The van der Waals surface area contributed by atoms with E-state index >= 15 is 0 Å². The molecule has 132 valence electrons. The summed E-state index contributed by atoms with van der Waals surface area (Å²) < 4.78 is 27.5. The zero-order valence-corrected chi connectivity index (χ0v) is 14.9. The highest BCUT2D eigenvalue weighted by molar-refractivity contribution is 7.92. The molecule has 0 atom stereocenters. The first kappa shape index (κ1) is 18.5. The SMILES string of the molecule is CC(=O)Nc1cccc(NS(=O)(=O)c2ccc(NC(C)=O)c(C)c2)c1. The van der Waals surface area contributed by atoms with E-state index < -0.39 is 10.0 Å². The highest BCUT2D eigenvalue weighted by Crippen LogP contribution is 2.23. The van der Waals surface area contributed by atoms with Gasteiger partial charge in [-0.05, 0) is 48.9 Å². The van der Waals surface area contributed by atoms with Crippen molar-refractivity contribution < 1.29 is 18.0 Å². The lowest BCUT2D eigenvalue weighted by atomic mass is 10.2. The van der Waals surface area contributed by atoms with Gasteiger partial charge in [0.05, 0.1) is 10.6 Å². The van der Waals surface area contributed by atoms with E-state index in [4.69, 9.17) is 0 Å². The summed E-state index contributed by atoms with van der Waals surface area (Å²) >= 11 is 0. The van der Waals surface area contributed by atoms with Crippen molar-refractivity contribution in [3.8, 4) is 0 Å². The monoisotopic (exact) mass is 361 g/mol. The molecule has 2 aromatic carbocycles. The van der Waals surface area contributed by atoms with E-state index in [-0.39, 0.29) is 16.7 Å². The summed E-state index contributed by atoms with van der Waals surface area (Å²) in [6.07, 6.45) is 0. The number of carbonyl (C=O) groups is 2. The van der Waals surface area contributed by atoms with E-state index in [1.165, 1.54) is 32.0 Å². The largest absolute Gasteiger partial charge is 0.326 e. The molecule has 7 nitrogen and oxygen atoms in total. The maximum absolute atomic E-state index is 12.5. The number of rotatable bonds is 5. The number of sulfonamides is 1. The summed E-state index contributed by atoms with van der Waals surface area (Å²) in [5, 5.41) is 5.22. The molecule has 25 heavy (non-hydrogen) atoms. The molecular formula is C17H19N3O4S. The first-order chi connectivity index (χ1) is 11.7. The van der Waals surface area contributed by atoms with Crippen molar-refractivity contribution in [3.63, 3.8) is 0 Å². The molecular weight excluding hydrogens is 342 g/mol. The average molecular weight is 361 g/mol. The maximum atomic E-state index is 12.5. The molecule has 2 aromatic rings. The Kier molecular flexibility index (Phi) is 5.43. The normalized spacial score (nSPS) is 10.8. The summed E-state index contributed by atoms with van der Waals surface area (Å²) in [4.78, 5) is 22.3. The van der Waals surface area contributed by atoms with Gasteiger partial charge in [-0.15, -0.1) is 0 Å². The van der Waals surface area contributed by atoms with Crippen molar-refractivity contribution in [2.45, 2.75) is 25.7 Å². The van der Waals surface area contributed by atoms with Gasteiger partial charge >= 0.3 is 0 Å². The van der Waals surface area contributed by atoms with Crippen molar-refractivity contribution in [3.05, 3.63) is 48.0 Å². The molecule has 0 aromatic heterocycles. The van der Waals surface area contributed by atoms with Crippen LogP contribution in [0.25, 0.3) is 0 Å². The average Bonchev–Trinajstić information content (AvgIpc) is 2.48. The van der Waals surface area contributed by atoms with Gasteiger partial charge in [-0.2, -0.15) is 0 Å². The van der Waals surface area contributed by atoms with E-state index in [1.54, 1.807) is 31.2 Å². The first-order valence-electron chi connectivity index (χ1n) is 7.46. The van der Waals surface area contributed by atoms with Crippen molar-refractivity contribution in [2.75, 3.05) is 15.4 Å². The molecule has 0 aliphatic heterocycles. The topological polar surface area (TPSA) is 104 Å². The Hall–Kier alpha value is -2.87. The van der Waals surface area contributed by atoms with Crippen LogP contribution in [0.15, 0.2) is 47.4 Å². The van der Waals surface area contributed by atoms with Gasteiger partial charge < -0.3 is 10.6 Å². The molecule has 0 spiro atoms. The number of benzene rings is 2. The highest BCUT2D eigenvalue weighted by Gasteiger charge is 2.16. The second-order valence-corrected chi connectivity index (χ2v) is 7.21. The van der Waals surface area contributed by atoms with Gasteiger partial charge in [0.1, 0.15) is 0 Å². The lowest BCUT2D eigenvalue weighted by molar-refractivity contribution is -0.115. The summed E-state index contributed by atoms with van der Waals surface area (Å²) in [6, 6.07) is 10.8. The van der Waals surface area contributed by atoms with Crippen LogP contribution in [0.5, 0.6) is 0 Å². The fraction of sp³-hybridized carbons (Fsp3) is 0.176. The van der Waals surface area contributed by atoms with E-state index in [0.717, 1.165) is 0 Å². The Morgan fingerprint density at radius 3 is 2.12 bits per heavy atom. The number of hydrogen-bond acceptors (Lipinski definition) is 4. The van der Waals surface area contributed by atoms with Gasteiger partial charge in [-0.25, -0.2) is 8.42 Å². The molecule has 0 saturated carbocycles. The second-order valence-electron chi connectivity index (χ2n) is 5.53. The predicted octanol–water partition coefficient (Wildman–Crippen LogP) is 2.71. The van der Waals surface area contributed by atoms with Crippen LogP contribution in [0.2, 0.25) is 0 Å². The van der Waals surface area contributed by atoms with Crippen LogP contribution >= 0.6 is 0 Å². The Bertz CT molecular complexity index is 923. The van der Waals surface area contributed by atoms with Crippen LogP contribution in [0, 0.1) is 6.92 Å². The zero-order valence-electron chi connectivity index (χ0n) is 14.1. The molecule has 2 amide bonds. The minimum absolute atomic E-state index is 0.0732. The van der Waals surface area contributed by atoms with Crippen LogP contribution in [-0.2, 0) is 19.6 Å². The third-order valence-electron chi connectivity index (χ3n) is 3.25. The summed E-state index contributed by atoms with van der Waals surface area (Å²) in [5.74, 6) is -0.476. The highest BCUT2D eigenvalue weighted by atomic mass is 32.2. The molecule has 8 heteroatoms. The van der Waals surface area contributed by atoms with Crippen LogP contribution in [0.3, 0.4) is 0 Å². The first-order valence-corrected chi connectivity index (χ1v) is 8.94. The van der Waals surface area contributed by atoms with Crippen LogP contribution in [0.1, 0.15) is 19.4 Å². The van der Waals surface area contributed by atoms with Gasteiger partial charge in [0.15, 0.2) is 0 Å². The second kappa shape index (κ2) is 7.35. The van der Waals surface area contributed by atoms with Gasteiger partial charge in [-0.3, -0.25) is 14.3 Å². The van der Waals surface area contributed by atoms with Crippen molar-refractivity contribution in [2.24, 2.45) is 0 Å². The van der Waals surface area contributed by atoms with Crippen LogP contribution in [0.4, 0.5) is 17.1 Å². The molecule has 0 heterocycles. The Labute approximate surface area is 146 Å². The van der Waals surface area contributed by atoms with Crippen molar-refractivity contribution in [1.82, 2.24) is 0 Å². The molecule has 0 saturated heterocycles. The lowest BCUT2D eigenvalue weighted by Crippen LogP contribution is -2.14. The predicted molar refractivity (Wildman–Crippen MR) is 97.0 cm³/mol. The fourth-order valence-electron chi connectivity index (χ4n) is 2.21. The minimum atomic E-state index is -3.80. The Balaban J connectivity index is 2.26. The minimum Gasteiger partial charge on any atom is -0.326 e. The van der Waals surface area contributed by atoms with Gasteiger partial charge in [-0.1, -0.05) is 6.07 Å².